The minimum absolute atomic E-state index is 0.0203. The lowest BCUT2D eigenvalue weighted by Gasteiger charge is -2.33. The van der Waals surface area contributed by atoms with Gasteiger partial charge >= 0.3 is 0 Å². The molecule has 4 aliphatic rings. The van der Waals surface area contributed by atoms with E-state index in [2.05, 4.69) is 15.3 Å². The zero-order valence-corrected chi connectivity index (χ0v) is 27.7. The van der Waals surface area contributed by atoms with Gasteiger partial charge < -0.3 is 19.7 Å². The van der Waals surface area contributed by atoms with Crippen LogP contribution in [0, 0.1) is 11.7 Å². The van der Waals surface area contributed by atoms with E-state index in [-0.39, 0.29) is 35.9 Å². The first-order valence-corrected chi connectivity index (χ1v) is 18.4. The number of benzene rings is 2. The zero-order chi connectivity index (χ0) is 32.0. The van der Waals surface area contributed by atoms with Gasteiger partial charge in [-0.05, 0) is 68.9 Å². The normalized spacial score (nSPS) is 23.3. The number of carbonyl (C=O) groups excluding carboxylic acids is 1. The predicted molar refractivity (Wildman–Crippen MR) is 175 cm³/mol. The van der Waals surface area contributed by atoms with Gasteiger partial charge in [-0.1, -0.05) is 29.3 Å². The summed E-state index contributed by atoms with van der Waals surface area (Å²) in [7, 11) is -3.34. The number of sulfone groups is 1. The van der Waals surface area contributed by atoms with Gasteiger partial charge in [-0.3, -0.25) is 9.48 Å². The number of carbonyl (C=O) groups is 1. The first-order chi connectivity index (χ1) is 22.2. The first kappa shape index (κ1) is 31.9. The average molecular weight is 692 g/mol. The molecule has 3 heterocycles. The fraction of sp³-hybridized carbons (Fsp3) is 0.515. The van der Waals surface area contributed by atoms with E-state index in [9.17, 15) is 13.2 Å². The Morgan fingerprint density at radius 3 is 2.50 bits per heavy atom. The number of rotatable bonds is 11. The van der Waals surface area contributed by atoms with E-state index in [1.165, 1.54) is 6.07 Å². The van der Waals surface area contributed by atoms with Crippen LogP contribution in [0.2, 0.25) is 10.0 Å². The van der Waals surface area contributed by atoms with Crippen LogP contribution >= 0.6 is 23.2 Å². The Morgan fingerprint density at radius 2 is 1.83 bits per heavy atom. The standard InChI is InChI=1S/C33H37Cl2FN4O5S/c34-26-2-1-3-27(35)32(26)25-17-38-40(22-5-6-22)30(25)19-45-31-16-23-14-21(31)18-39(23)29-7-4-20(15-28(29)36)33(41)37-10-13-46(42,43)24-8-11-44-12-9-24/h1-4,7,15,17,21-24,31H,5-6,8-14,16,18-19H2,(H,37,41)/t21-,23-,31+/m0/s1. The second-order valence-electron chi connectivity index (χ2n) is 12.8. The fourth-order valence-corrected chi connectivity index (χ4v) is 9.44. The van der Waals surface area contributed by atoms with Gasteiger partial charge in [-0.25, -0.2) is 12.8 Å². The molecule has 46 heavy (non-hydrogen) atoms. The minimum Gasteiger partial charge on any atom is -0.381 e. The van der Waals surface area contributed by atoms with E-state index >= 15 is 4.39 Å². The maximum Gasteiger partial charge on any atom is 0.251 e. The lowest BCUT2D eigenvalue weighted by atomic mass is 10.0. The van der Waals surface area contributed by atoms with E-state index in [0.717, 1.165) is 42.5 Å². The monoisotopic (exact) mass is 690 g/mol. The third kappa shape index (κ3) is 6.41. The molecule has 2 aliphatic carbocycles. The van der Waals surface area contributed by atoms with Crippen LogP contribution in [0.15, 0.2) is 42.6 Å². The molecule has 1 aromatic heterocycles. The Bertz CT molecular complexity index is 1710. The molecule has 13 heteroatoms. The molecule has 0 unspecified atom stereocenters. The zero-order valence-electron chi connectivity index (χ0n) is 25.3. The number of fused-ring (bicyclic) bond motifs is 2. The van der Waals surface area contributed by atoms with E-state index in [1.54, 1.807) is 12.1 Å². The van der Waals surface area contributed by atoms with Crippen molar-refractivity contribution >= 4 is 44.6 Å². The van der Waals surface area contributed by atoms with Crippen molar-refractivity contribution in [3.63, 3.8) is 0 Å². The number of aromatic nitrogens is 2. The summed E-state index contributed by atoms with van der Waals surface area (Å²) in [6, 6.07) is 10.4. The van der Waals surface area contributed by atoms with Gasteiger partial charge in [0.05, 0.1) is 57.4 Å². The SMILES string of the molecule is O=C(NCCS(=O)(=O)C1CCOCC1)c1ccc(N2C[C@@H]3C[C@H]2C[C@H]3OCc2c(-c3c(Cl)cccc3Cl)cnn2C2CC2)c(F)c1. The van der Waals surface area contributed by atoms with E-state index in [1.807, 2.05) is 29.1 Å². The molecule has 0 radical (unpaired) electrons. The van der Waals surface area contributed by atoms with Crippen molar-refractivity contribution < 1.29 is 27.1 Å². The summed E-state index contributed by atoms with van der Waals surface area (Å²) in [5.74, 6) is -0.870. The number of anilines is 1. The third-order valence-electron chi connectivity index (χ3n) is 9.80. The molecular weight excluding hydrogens is 654 g/mol. The quantitative estimate of drug-likeness (QED) is 0.270. The van der Waals surface area contributed by atoms with E-state index in [4.69, 9.17) is 32.7 Å². The Hall–Kier alpha value is -2.70. The molecule has 4 fully saturated rings. The summed E-state index contributed by atoms with van der Waals surface area (Å²) in [5.41, 5.74) is 3.25. The van der Waals surface area contributed by atoms with Crippen LogP contribution in [-0.4, -0.2) is 73.6 Å². The van der Waals surface area contributed by atoms with E-state index in [0.29, 0.717) is 61.0 Å². The summed E-state index contributed by atoms with van der Waals surface area (Å²) in [5, 5.41) is 8.01. The highest BCUT2D eigenvalue weighted by atomic mass is 35.5. The molecule has 246 valence electrons. The Labute approximate surface area is 278 Å². The number of nitrogens with one attached hydrogen (secondary N) is 1. The number of piperidine rings is 1. The lowest BCUT2D eigenvalue weighted by molar-refractivity contribution is 0.00953. The maximum atomic E-state index is 15.4. The fourth-order valence-electron chi connectivity index (χ4n) is 7.21. The molecule has 2 saturated carbocycles. The molecule has 2 aromatic carbocycles. The van der Waals surface area contributed by atoms with Crippen LogP contribution in [-0.2, 0) is 25.9 Å². The topological polar surface area (TPSA) is 103 Å². The van der Waals surface area contributed by atoms with Crippen molar-refractivity contribution in [2.24, 2.45) is 5.92 Å². The van der Waals surface area contributed by atoms with Gasteiger partial charge in [0.1, 0.15) is 5.82 Å². The summed E-state index contributed by atoms with van der Waals surface area (Å²) >= 11 is 13.1. The van der Waals surface area contributed by atoms with Gasteiger partial charge in [0.2, 0.25) is 0 Å². The van der Waals surface area contributed by atoms with Crippen molar-refractivity contribution in [3.05, 3.63) is 69.7 Å². The van der Waals surface area contributed by atoms with Crippen molar-refractivity contribution in [1.82, 2.24) is 15.1 Å². The van der Waals surface area contributed by atoms with Gasteiger partial charge in [-0.2, -0.15) is 5.10 Å². The van der Waals surface area contributed by atoms with Crippen molar-refractivity contribution in [2.75, 3.05) is 37.0 Å². The highest BCUT2D eigenvalue weighted by Gasteiger charge is 2.46. The van der Waals surface area contributed by atoms with Gasteiger partial charge in [-0.15, -0.1) is 0 Å². The Balaban J connectivity index is 0.957. The number of hydrogen-bond acceptors (Lipinski definition) is 7. The number of amides is 1. The van der Waals surface area contributed by atoms with Crippen molar-refractivity contribution in [3.8, 4) is 11.1 Å². The summed E-state index contributed by atoms with van der Waals surface area (Å²) in [4.78, 5) is 14.8. The van der Waals surface area contributed by atoms with Crippen molar-refractivity contribution in [2.45, 2.75) is 68.6 Å². The maximum absolute atomic E-state index is 15.4. The third-order valence-corrected chi connectivity index (χ3v) is 12.7. The number of nitrogens with zero attached hydrogens (tertiary/aromatic N) is 3. The molecule has 2 saturated heterocycles. The largest absolute Gasteiger partial charge is 0.381 e. The lowest BCUT2D eigenvalue weighted by Crippen LogP contribution is -2.39. The summed E-state index contributed by atoms with van der Waals surface area (Å²) in [6.07, 6.45) is 6.64. The van der Waals surface area contributed by atoms with Gasteiger partial charge in [0.25, 0.3) is 5.91 Å². The second kappa shape index (κ2) is 13.1. The summed E-state index contributed by atoms with van der Waals surface area (Å²) < 4.78 is 54.4. The Morgan fingerprint density at radius 1 is 1.07 bits per heavy atom. The number of halogens is 3. The number of hydrogen-bond donors (Lipinski definition) is 1. The van der Waals surface area contributed by atoms with Crippen LogP contribution in [0.3, 0.4) is 0 Å². The smallest absolute Gasteiger partial charge is 0.251 e. The van der Waals surface area contributed by atoms with Gasteiger partial charge in [0.15, 0.2) is 9.84 Å². The number of ether oxygens (including phenoxy) is 2. The summed E-state index contributed by atoms with van der Waals surface area (Å²) in [6.45, 7) is 1.89. The average Bonchev–Trinajstić information content (AvgIpc) is 3.49. The molecule has 1 amide bonds. The van der Waals surface area contributed by atoms with Crippen LogP contribution < -0.4 is 10.2 Å². The molecule has 1 N–H and O–H groups in total. The minimum atomic E-state index is -3.34. The van der Waals surface area contributed by atoms with Gasteiger partial charge in [0, 0.05) is 55.0 Å². The molecule has 3 aromatic rings. The van der Waals surface area contributed by atoms with Crippen LogP contribution in [0.1, 0.15) is 60.6 Å². The molecular formula is C33H37Cl2FN4O5S. The molecule has 7 rings (SSSR count). The molecule has 2 bridgehead atoms. The molecule has 3 atom stereocenters. The Kier molecular flexibility index (Phi) is 9.06. The molecule has 0 spiro atoms. The first-order valence-electron chi connectivity index (χ1n) is 16.0. The van der Waals surface area contributed by atoms with E-state index < -0.39 is 26.8 Å². The molecule has 9 nitrogen and oxygen atoms in total. The highest BCUT2D eigenvalue weighted by Crippen LogP contribution is 2.45. The van der Waals surface area contributed by atoms with Crippen LogP contribution in [0.5, 0.6) is 0 Å². The van der Waals surface area contributed by atoms with Crippen LogP contribution in [0.25, 0.3) is 11.1 Å². The van der Waals surface area contributed by atoms with Crippen LogP contribution in [0.4, 0.5) is 10.1 Å². The predicted octanol–water partition coefficient (Wildman–Crippen LogP) is 5.84. The molecule has 2 aliphatic heterocycles. The highest BCUT2D eigenvalue weighted by molar-refractivity contribution is 7.92. The second-order valence-corrected chi connectivity index (χ2v) is 16.0. The van der Waals surface area contributed by atoms with Crippen molar-refractivity contribution in [1.29, 1.82) is 0 Å².